The van der Waals surface area contributed by atoms with E-state index in [1.54, 1.807) is 30.3 Å². The number of nitrogens with two attached hydrogens (primary N) is 1. The predicted molar refractivity (Wildman–Crippen MR) is 77.2 cm³/mol. The molecule has 0 bridgehead atoms. The molecule has 106 valence electrons. The molecule has 7 nitrogen and oxygen atoms in total. The summed E-state index contributed by atoms with van der Waals surface area (Å²) < 4.78 is 1.23. The second-order valence-electron chi connectivity index (χ2n) is 4.40. The molecule has 0 spiro atoms. The minimum atomic E-state index is -0.337. The molecule has 0 fully saturated rings. The second kappa shape index (κ2) is 5.06. The summed E-state index contributed by atoms with van der Waals surface area (Å²) in [6.07, 6.45) is 3.39. The van der Waals surface area contributed by atoms with Gasteiger partial charge in [-0.25, -0.2) is 9.58 Å². The molecule has 1 aliphatic rings. The molecule has 1 aromatic carbocycles. The number of rotatable bonds is 3. The van der Waals surface area contributed by atoms with E-state index >= 15 is 0 Å². The molecule has 0 atom stereocenters. The number of allylic oxidation sites excluding steroid dienone is 1. The van der Waals surface area contributed by atoms with Gasteiger partial charge in [-0.1, -0.05) is 18.2 Å². The summed E-state index contributed by atoms with van der Waals surface area (Å²) in [6, 6.07) is 6.71. The van der Waals surface area contributed by atoms with Crippen LogP contribution in [0.15, 0.2) is 41.7 Å². The summed E-state index contributed by atoms with van der Waals surface area (Å²) >= 11 is 4.01. The fraction of sp³-hybridized carbons (Fsp3) is 0.0769. The first kappa shape index (κ1) is 13.4. The molecular weight excluding hydrogens is 290 g/mol. The number of carbonyl (C=O) groups is 2. The first-order valence-electron chi connectivity index (χ1n) is 6.11. The molecule has 2 amide bonds. The Morgan fingerprint density at radius 3 is 2.29 bits per heavy atom. The average molecular weight is 301 g/mol. The number of hydrogen-bond donors (Lipinski definition) is 2. The number of fused-ring (bicyclic) bond motifs is 1. The molecule has 0 aliphatic carbocycles. The van der Waals surface area contributed by atoms with Crippen LogP contribution in [0.25, 0.3) is 0 Å². The largest absolute Gasteiger partial charge is 0.336 e. The van der Waals surface area contributed by atoms with Gasteiger partial charge in [0.1, 0.15) is 0 Å². The van der Waals surface area contributed by atoms with Gasteiger partial charge in [0.15, 0.2) is 5.82 Å². The van der Waals surface area contributed by atoms with Crippen LogP contribution in [0.4, 0.5) is 0 Å². The predicted octanol–water partition coefficient (Wildman–Crippen LogP) is 0.633. The number of aromatic nitrogens is 3. The van der Waals surface area contributed by atoms with Crippen LogP contribution in [0.3, 0.4) is 0 Å². The second-order valence-corrected chi connectivity index (χ2v) is 4.80. The fourth-order valence-corrected chi connectivity index (χ4v) is 2.22. The van der Waals surface area contributed by atoms with Gasteiger partial charge in [-0.2, -0.15) is 0 Å². The monoisotopic (exact) mass is 301 g/mol. The number of nitrogens with zero attached hydrogens (tertiary/aromatic N) is 4. The number of amides is 2. The van der Waals surface area contributed by atoms with Gasteiger partial charge in [0.2, 0.25) is 5.16 Å². The number of thiol groups is 1. The fourth-order valence-electron chi connectivity index (χ4n) is 2.06. The van der Waals surface area contributed by atoms with Crippen molar-refractivity contribution in [3.63, 3.8) is 0 Å². The summed E-state index contributed by atoms with van der Waals surface area (Å²) in [5.41, 5.74) is 0.818. The molecule has 0 saturated heterocycles. The Labute approximate surface area is 125 Å². The molecule has 0 unspecified atom stereocenters. The molecule has 1 aromatic heterocycles. The number of hydrogen-bond acceptors (Lipinski definition) is 6. The van der Waals surface area contributed by atoms with E-state index in [9.17, 15) is 9.59 Å². The summed E-state index contributed by atoms with van der Waals surface area (Å²) in [6.45, 7) is 0. The van der Waals surface area contributed by atoms with Crippen LogP contribution in [0.1, 0.15) is 26.5 Å². The zero-order chi connectivity index (χ0) is 15.0. The van der Waals surface area contributed by atoms with E-state index in [-0.39, 0.29) is 11.8 Å². The summed E-state index contributed by atoms with van der Waals surface area (Å²) in [5, 5.41) is 7.82. The van der Waals surface area contributed by atoms with Gasteiger partial charge >= 0.3 is 0 Å². The Morgan fingerprint density at radius 2 is 1.76 bits per heavy atom. The van der Waals surface area contributed by atoms with Crippen molar-refractivity contribution < 1.29 is 9.59 Å². The highest BCUT2D eigenvalue weighted by Crippen LogP contribution is 2.22. The molecule has 0 saturated carbocycles. The van der Waals surface area contributed by atoms with Crippen molar-refractivity contribution >= 4 is 24.4 Å². The third-order valence-corrected chi connectivity index (χ3v) is 3.43. The van der Waals surface area contributed by atoms with E-state index in [0.717, 1.165) is 4.90 Å². The molecule has 2 aromatic rings. The quantitative estimate of drug-likeness (QED) is 0.493. The van der Waals surface area contributed by atoms with Crippen molar-refractivity contribution in [3.05, 3.63) is 53.5 Å². The first-order chi connectivity index (χ1) is 10.1. The molecule has 21 heavy (non-hydrogen) atoms. The number of carbonyl (C=O) groups excluding carboxylic acids is 2. The molecular formula is C13H11N5O2S. The average Bonchev–Trinajstić information content (AvgIpc) is 2.93. The highest BCUT2D eigenvalue weighted by Gasteiger charge is 2.33. The molecule has 1 aliphatic heterocycles. The topological polar surface area (TPSA) is 94.1 Å². The number of imide groups is 1. The van der Waals surface area contributed by atoms with Crippen LogP contribution in [0.5, 0.6) is 0 Å². The Balaban J connectivity index is 1.78. The zero-order valence-electron chi connectivity index (χ0n) is 10.8. The van der Waals surface area contributed by atoms with Gasteiger partial charge < -0.3 is 5.84 Å². The maximum atomic E-state index is 12.1. The molecule has 2 heterocycles. The lowest BCUT2D eigenvalue weighted by molar-refractivity contribution is 0.0721. The minimum absolute atomic E-state index is 0.291. The van der Waals surface area contributed by atoms with Crippen LogP contribution in [0.2, 0.25) is 0 Å². The van der Waals surface area contributed by atoms with Gasteiger partial charge in [-0.3, -0.25) is 9.59 Å². The standard InChI is InChI=1S/C13H11N5O2S/c14-18-10(15-16-13(18)21)6-3-7-17-11(19)8-4-1-2-5-9(8)12(17)20/h1-5,7H,6,14H2,(H,16,21). The highest BCUT2D eigenvalue weighted by molar-refractivity contribution is 7.80. The van der Waals surface area contributed by atoms with Crippen molar-refractivity contribution in [1.82, 2.24) is 19.8 Å². The van der Waals surface area contributed by atoms with Crippen LogP contribution >= 0.6 is 12.6 Å². The highest BCUT2D eigenvalue weighted by atomic mass is 32.1. The SMILES string of the molecule is Nn1c(S)nnc1CC=CN1C(=O)c2ccccc2C1=O. The normalized spacial score (nSPS) is 14.2. The lowest BCUT2D eigenvalue weighted by Gasteiger charge is -2.06. The van der Waals surface area contributed by atoms with Crippen LogP contribution in [-0.4, -0.2) is 31.6 Å². The van der Waals surface area contributed by atoms with Crippen LogP contribution in [0, 0.1) is 0 Å². The van der Waals surface area contributed by atoms with E-state index in [0.29, 0.717) is 28.5 Å². The maximum absolute atomic E-state index is 12.1. The van der Waals surface area contributed by atoms with Gasteiger partial charge in [0, 0.05) is 12.6 Å². The summed E-state index contributed by atoms with van der Waals surface area (Å²) in [5.74, 6) is 5.46. The lowest BCUT2D eigenvalue weighted by Crippen LogP contribution is -2.23. The van der Waals surface area contributed by atoms with Crippen LogP contribution < -0.4 is 5.84 Å². The Morgan fingerprint density at radius 1 is 1.14 bits per heavy atom. The van der Waals surface area contributed by atoms with E-state index in [2.05, 4.69) is 22.8 Å². The van der Waals surface area contributed by atoms with Crippen molar-refractivity contribution in [3.8, 4) is 0 Å². The van der Waals surface area contributed by atoms with Gasteiger partial charge in [0.05, 0.1) is 11.1 Å². The van der Waals surface area contributed by atoms with Crippen molar-refractivity contribution in [2.75, 3.05) is 5.84 Å². The number of benzene rings is 1. The van der Waals surface area contributed by atoms with Gasteiger partial charge in [-0.05, 0) is 12.1 Å². The van der Waals surface area contributed by atoms with E-state index in [1.807, 2.05) is 0 Å². The molecule has 0 radical (unpaired) electrons. The molecule has 8 heteroatoms. The van der Waals surface area contributed by atoms with E-state index < -0.39 is 0 Å². The van der Waals surface area contributed by atoms with Gasteiger partial charge in [-0.15, -0.1) is 22.8 Å². The van der Waals surface area contributed by atoms with Crippen molar-refractivity contribution in [2.45, 2.75) is 11.6 Å². The Kier molecular flexibility index (Phi) is 3.22. The van der Waals surface area contributed by atoms with E-state index in [1.165, 1.54) is 10.9 Å². The van der Waals surface area contributed by atoms with Crippen LogP contribution in [-0.2, 0) is 6.42 Å². The zero-order valence-corrected chi connectivity index (χ0v) is 11.7. The maximum Gasteiger partial charge on any atom is 0.265 e. The van der Waals surface area contributed by atoms with Crippen molar-refractivity contribution in [1.29, 1.82) is 0 Å². The lowest BCUT2D eigenvalue weighted by atomic mass is 10.1. The summed E-state index contributed by atoms with van der Waals surface area (Å²) in [4.78, 5) is 25.3. The van der Waals surface area contributed by atoms with E-state index in [4.69, 9.17) is 5.84 Å². The Bertz CT molecular complexity index is 733. The third-order valence-electron chi connectivity index (χ3n) is 3.13. The smallest absolute Gasteiger partial charge is 0.265 e. The molecule has 2 N–H and O–H groups in total. The first-order valence-corrected chi connectivity index (χ1v) is 6.56. The minimum Gasteiger partial charge on any atom is -0.336 e. The van der Waals surface area contributed by atoms with Gasteiger partial charge in [0.25, 0.3) is 11.8 Å². The summed E-state index contributed by atoms with van der Waals surface area (Å²) in [7, 11) is 0. The van der Waals surface area contributed by atoms with Crippen molar-refractivity contribution in [2.24, 2.45) is 0 Å². The molecule has 3 rings (SSSR count). The third kappa shape index (κ3) is 2.19. The number of nitrogen functional groups attached to an aromatic ring is 1. The Hall–Kier alpha value is -2.61.